The van der Waals surface area contributed by atoms with E-state index in [1.54, 1.807) is 12.3 Å². The number of nitrogen functional groups attached to an aromatic ring is 2. The fourth-order valence-electron chi connectivity index (χ4n) is 1.72. The standard InChI is InChI=1S/C11H18BN3O2/c1-10(2)11(3,4)17-12(16-10)8-7(13)5-6-15-9(8)14/h5-6H,1-4H3,(H4,13,14,15). The van der Waals surface area contributed by atoms with Gasteiger partial charge in [0.05, 0.1) is 11.2 Å². The topological polar surface area (TPSA) is 83.4 Å². The molecule has 1 aliphatic rings. The van der Waals surface area contributed by atoms with E-state index in [1.807, 2.05) is 27.7 Å². The fourth-order valence-corrected chi connectivity index (χ4v) is 1.72. The Balaban J connectivity index is 2.39. The highest BCUT2D eigenvalue weighted by atomic mass is 16.7. The summed E-state index contributed by atoms with van der Waals surface area (Å²) in [6, 6.07) is 1.69. The van der Waals surface area contributed by atoms with Gasteiger partial charge in [0.15, 0.2) is 0 Å². The van der Waals surface area contributed by atoms with Gasteiger partial charge < -0.3 is 20.8 Å². The number of rotatable bonds is 1. The highest BCUT2D eigenvalue weighted by Crippen LogP contribution is 2.37. The van der Waals surface area contributed by atoms with Gasteiger partial charge in [-0.25, -0.2) is 4.98 Å². The number of hydrogen-bond donors (Lipinski definition) is 2. The van der Waals surface area contributed by atoms with Gasteiger partial charge in [-0.2, -0.15) is 0 Å². The lowest BCUT2D eigenvalue weighted by molar-refractivity contribution is 0.00578. The quantitative estimate of drug-likeness (QED) is 0.694. The van der Waals surface area contributed by atoms with Crippen LogP contribution >= 0.6 is 0 Å². The Labute approximate surface area is 102 Å². The summed E-state index contributed by atoms with van der Waals surface area (Å²) < 4.78 is 11.8. The zero-order valence-corrected chi connectivity index (χ0v) is 10.7. The van der Waals surface area contributed by atoms with Gasteiger partial charge in [-0.05, 0) is 33.8 Å². The van der Waals surface area contributed by atoms with E-state index in [4.69, 9.17) is 20.8 Å². The van der Waals surface area contributed by atoms with E-state index >= 15 is 0 Å². The molecule has 0 atom stereocenters. The number of anilines is 2. The Kier molecular flexibility index (Phi) is 2.59. The SMILES string of the molecule is CC1(C)OB(c2c(N)ccnc2N)OC1(C)C. The maximum atomic E-state index is 5.90. The van der Waals surface area contributed by atoms with Crippen LogP contribution in [-0.4, -0.2) is 23.3 Å². The lowest BCUT2D eigenvalue weighted by Gasteiger charge is -2.32. The number of pyridine rings is 1. The molecule has 0 spiro atoms. The highest BCUT2D eigenvalue weighted by molar-refractivity contribution is 6.65. The molecule has 0 amide bonds. The third-order valence-corrected chi connectivity index (χ3v) is 3.54. The molecule has 0 radical (unpaired) electrons. The van der Waals surface area contributed by atoms with Gasteiger partial charge in [0.25, 0.3) is 0 Å². The van der Waals surface area contributed by atoms with Crippen molar-refractivity contribution in [2.75, 3.05) is 11.5 Å². The third kappa shape index (κ3) is 1.87. The molecule has 17 heavy (non-hydrogen) atoms. The summed E-state index contributed by atoms with van der Waals surface area (Å²) in [4.78, 5) is 4.02. The average molecular weight is 235 g/mol. The van der Waals surface area contributed by atoms with Crippen LogP contribution in [0.3, 0.4) is 0 Å². The molecular formula is C11H18BN3O2. The molecular weight excluding hydrogens is 217 g/mol. The van der Waals surface area contributed by atoms with E-state index < -0.39 is 18.3 Å². The van der Waals surface area contributed by atoms with E-state index in [-0.39, 0.29) is 0 Å². The summed E-state index contributed by atoms with van der Waals surface area (Å²) >= 11 is 0. The van der Waals surface area contributed by atoms with Crippen LogP contribution in [0.5, 0.6) is 0 Å². The largest absolute Gasteiger partial charge is 0.500 e. The van der Waals surface area contributed by atoms with Crippen LogP contribution in [0.1, 0.15) is 27.7 Å². The Morgan fingerprint density at radius 3 is 2.12 bits per heavy atom. The van der Waals surface area contributed by atoms with Crippen molar-refractivity contribution in [3.63, 3.8) is 0 Å². The normalized spacial score (nSPS) is 21.8. The van der Waals surface area contributed by atoms with Crippen molar-refractivity contribution in [1.82, 2.24) is 4.98 Å². The molecule has 2 heterocycles. The van der Waals surface area contributed by atoms with Crippen molar-refractivity contribution in [3.05, 3.63) is 12.3 Å². The Bertz CT molecular complexity index is 412. The Morgan fingerprint density at radius 2 is 1.65 bits per heavy atom. The second-order valence-corrected chi connectivity index (χ2v) is 5.29. The summed E-state index contributed by atoms with van der Waals surface area (Å²) in [7, 11) is -0.561. The van der Waals surface area contributed by atoms with Gasteiger partial charge in [0, 0.05) is 17.3 Å². The van der Waals surface area contributed by atoms with Crippen LogP contribution in [0, 0.1) is 0 Å². The molecule has 1 saturated heterocycles. The molecule has 5 nitrogen and oxygen atoms in total. The number of nitrogens with two attached hydrogens (primary N) is 2. The monoisotopic (exact) mass is 235 g/mol. The van der Waals surface area contributed by atoms with Crippen molar-refractivity contribution in [1.29, 1.82) is 0 Å². The number of hydrogen-bond acceptors (Lipinski definition) is 5. The van der Waals surface area contributed by atoms with Crippen LogP contribution in [-0.2, 0) is 9.31 Å². The van der Waals surface area contributed by atoms with E-state index in [1.165, 1.54) is 0 Å². The van der Waals surface area contributed by atoms with Gasteiger partial charge in [-0.1, -0.05) is 0 Å². The number of aromatic nitrogens is 1. The maximum Gasteiger partial charge on any atom is 0.500 e. The molecule has 92 valence electrons. The summed E-state index contributed by atoms with van der Waals surface area (Å²) in [5.41, 5.74) is 12.1. The van der Waals surface area contributed by atoms with E-state index in [0.29, 0.717) is 17.0 Å². The maximum absolute atomic E-state index is 5.90. The zero-order valence-electron chi connectivity index (χ0n) is 10.7. The minimum atomic E-state index is -0.561. The minimum absolute atomic E-state index is 0.350. The number of nitrogens with zero attached hydrogens (tertiary/aromatic N) is 1. The molecule has 1 fully saturated rings. The average Bonchev–Trinajstić information content (AvgIpc) is 2.35. The molecule has 1 aromatic heterocycles. The molecule has 0 bridgehead atoms. The first-order chi connectivity index (χ1) is 7.74. The van der Waals surface area contributed by atoms with Crippen molar-refractivity contribution >= 4 is 24.1 Å². The Hall–Kier alpha value is -1.27. The summed E-state index contributed by atoms with van der Waals surface area (Å²) in [5.74, 6) is 0.350. The lowest BCUT2D eigenvalue weighted by atomic mass is 9.78. The van der Waals surface area contributed by atoms with Crippen LogP contribution < -0.4 is 16.9 Å². The highest BCUT2D eigenvalue weighted by Gasteiger charge is 2.52. The third-order valence-electron chi connectivity index (χ3n) is 3.54. The second kappa shape index (κ2) is 3.61. The smallest absolute Gasteiger partial charge is 0.399 e. The van der Waals surface area contributed by atoms with Gasteiger partial charge in [-0.3, -0.25) is 0 Å². The van der Waals surface area contributed by atoms with Crippen molar-refractivity contribution in [2.24, 2.45) is 0 Å². The van der Waals surface area contributed by atoms with Gasteiger partial charge in [0.2, 0.25) is 0 Å². The molecule has 0 aliphatic carbocycles. The summed E-state index contributed by atoms with van der Waals surface area (Å²) in [6.45, 7) is 7.93. The zero-order chi connectivity index (χ0) is 12.8. The summed E-state index contributed by atoms with van der Waals surface area (Å²) in [5, 5.41) is 0. The predicted molar refractivity (Wildman–Crippen MR) is 68.8 cm³/mol. The minimum Gasteiger partial charge on any atom is -0.399 e. The molecule has 2 rings (SSSR count). The fraction of sp³-hybridized carbons (Fsp3) is 0.545. The first-order valence-corrected chi connectivity index (χ1v) is 5.60. The molecule has 0 unspecified atom stereocenters. The molecule has 4 N–H and O–H groups in total. The molecule has 1 aromatic rings. The molecule has 0 aromatic carbocycles. The van der Waals surface area contributed by atoms with Crippen LogP contribution in [0.2, 0.25) is 0 Å². The van der Waals surface area contributed by atoms with Crippen molar-refractivity contribution in [3.8, 4) is 0 Å². The van der Waals surface area contributed by atoms with Gasteiger partial charge in [-0.15, -0.1) is 0 Å². The second-order valence-electron chi connectivity index (χ2n) is 5.29. The Morgan fingerprint density at radius 1 is 1.12 bits per heavy atom. The van der Waals surface area contributed by atoms with Crippen LogP contribution in [0.4, 0.5) is 11.5 Å². The molecule has 0 saturated carbocycles. The van der Waals surface area contributed by atoms with E-state index in [0.717, 1.165) is 0 Å². The van der Waals surface area contributed by atoms with Crippen molar-refractivity contribution in [2.45, 2.75) is 38.9 Å². The van der Waals surface area contributed by atoms with Crippen LogP contribution in [0.15, 0.2) is 12.3 Å². The van der Waals surface area contributed by atoms with Gasteiger partial charge >= 0.3 is 7.12 Å². The predicted octanol–water partition coefficient (Wildman–Crippen LogP) is 0.545. The molecule has 1 aliphatic heterocycles. The lowest BCUT2D eigenvalue weighted by Crippen LogP contribution is -2.41. The van der Waals surface area contributed by atoms with E-state index in [9.17, 15) is 0 Å². The molecule has 6 heteroatoms. The summed E-state index contributed by atoms with van der Waals surface area (Å²) in [6.07, 6.45) is 1.57. The van der Waals surface area contributed by atoms with E-state index in [2.05, 4.69) is 4.98 Å². The van der Waals surface area contributed by atoms with Crippen LogP contribution in [0.25, 0.3) is 0 Å². The first kappa shape index (κ1) is 12.2. The first-order valence-electron chi connectivity index (χ1n) is 5.60. The van der Waals surface area contributed by atoms with Crippen molar-refractivity contribution < 1.29 is 9.31 Å². The van der Waals surface area contributed by atoms with Gasteiger partial charge in [0.1, 0.15) is 5.82 Å².